The van der Waals surface area contributed by atoms with E-state index in [1.165, 1.54) is 23.4 Å². The second-order valence-corrected chi connectivity index (χ2v) is 7.89. The van der Waals surface area contributed by atoms with Crippen LogP contribution in [0.3, 0.4) is 0 Å². The number of nitrogens with one attached hydrogen (secondary N) is 1. The van der Waals surface area contributed by atoms with Gasteiger partial charge in [0.05, 0.1) is 10.8 Å². The van der Waals surface area contributed by atoms with E-state index in [9.17, 15) is 18.0 Å². The van der Waals surface area contributed by atoms with E-state index in [0.717, 1.165) is 0 Å². The van der Waals surface area contributed by atoms with Gasteiger partial charge in [0.1, 0.15) is 0 Å². The zero-order chi connectivity index (χ0) is 19.4. The summed E-state index contributed by atoms with van der Waals surface area (Å²) in [6, 6.07) is 3.81. The molecule has 1 amide bonds. The van der Waals surface area contributed by atoms with Gasteiger partial charge in [0.25, 0.3) is 5.91 Å². The molecule has 0 bridgehead atoms. The normalized spacial score (nSPS) is 14.2. The van der Waals surface area contributed by atoms with Crippen molar-refractivity contribution >= 4 is 21.9 Å². The average Bonchev–Trinajstić information content (AvgIpc) is 2.54. The highest BCUT2D eigenvalue weighted by Gasteiger charge is 2.25. The summed E-state index contributed by atoms with van der Waals surface area (Å²) in [6.45, 7) is 8.97. The van der Waals surface area contributed by atoms with Crippen LogP contribution in [0.1, 0.15) is 43.6 Å². The van der Waals surface area contributed by atoms with Gasteiger partial charge in [-0.3, -0.25) is 9.59 Å². The molecule has 1 aromatic rings. The summed E-state index contributed by atoms with van der Waals surface area (Å²) < 4.78 is 26.5. The SMILES string of the molecule is CCN(CC)S(=O)(=O)c1ccc(C)c(C(=O)NC(C)C(C)C(=O)O)c1. The molecule has 0 radical (unpaired) electrons. The third-order valence-electron chi connectivity index (χ3n) is 4.30. The minimum Gasteiger partial charge on any atom is -0.481 e. The minimum absolute atomic E-state index is 0.0471. The molecule has 0 aliphatic carbocycles. The third kappa shape index (κ3) is 4.79. The lowest BCUT2D eigenvalue weighted by Crippen LogP contribution is -2.40. The Bertz CT molecular complexity index is 741. The number of amides is 1. The van der Waals surface area contributed by atoms with Crippen LogP contribution in [0.15, 0.2) is 23.1 Å². The number of rotatable bonds is 8. The van der Waals surface area contributed by atoms with Gasteiger partial charge in [0.2, 0.25) is 10.0 Å². The standard InChI is InChI=1S/C17H26N2O5S/c1-6-19(7-2)25(23,24)14-9-8-11(3)15(10-14)16(20)18-13(5)12(4)17(21)22/h8-10,12-13H,6-7H2,1-5H3,(H,18,20)(H,21,22). The molecule has 25 heavy (non-hydrogen) atoms. The van der Waals surface area contributed by atoms with Crippen LogP contribution < -0.4 is 5.32 Å². The molecule has 0 aliphatic heterocycles. The maximum atomic E-state index is 12.6. The van der Waals surface area contributed by atoms with Crippen molar-refractivity contribution in [1.29, 1.82) is 0 Å². The molecular weight excluding hydrogens is 344 g/mol. The first-order valence-electron chi connectivity index (χ1n) is 8.20. The van der Waals surface area contributed by atoms with E-state index in [1.807, 2.05) is 0 Å². The molecule has 0 aromatic heterocycles. The number of aryl methyl sites for hydroxylation is 1. The molecule has 0 fully saturated rings. The second-order valence-electron chi connectivity index (χ2n) is 5.96. The Kier molecular flexibility index (Phi) is 7.13. The molecule has 1 rings (SSSR count). The van der Waals surface area contributed by atoms with Crippen LogP contribution in [0.25, 0.3) is 0 Å². The molecule has 0 saturated heterocycles. The number of carboxylic acid groups (broad SMARTS) is 1. The Morgan fingerprint density at radius 3 is 2.24 bits per heavy atom. The van der Waals surface area contributed by atoms with Crippen LogP contribution in [0.5, 0.6) is 0 Å². The number of hydrogen-bond donors (Lipinski definition) is 2. The Hall–Kier alpha value is -1.93. The average molecular weight is 370 g/mol. The van der Waals surface area contributed by atoms with Gasteiger partial charge in [-0.2, -0.15) is 4.31 Å². The van der Waals surface area contributed by atoms with Gasteiger partial charge in [-0.1, -0.05) is 19.9 Å². The lowest BCUT2D eigenvalue weighted by molar-refractivity contribution is -0.141. The molecule has 8 heteroatoms. The molecular formula is C17H26N2O5S. The molecule has 2 unspecified atom stereocenters. The fraction of sp³-hybridized carbons (Fsp3) is 0.529. The molecule has 2 atom stereocenters. The topological polar surface area (TPSA) is 104 Å². The first-order valence-corrected chi connectivity index (χ1v) is 9.64. The lowest BCUT2D eigenvalue weighted by Gasteiger charge is -2.20. The number of nitrogens with zero attached hydrogens (tertiary/aromatic N) is 1. The van der Waals surface area contributed by atoms with Crippen LogP contribution in [-0.4, -0.2) is 48.8 Å². The number of hydrogen-bond acceptors (Lipinski definition) is 4. The summed E-state index contributed by atoms with van der Waals surface area (Å²) in [5.41, 5.74) is 0.837. The smallest absolute Gasteiger partial charge is 0.308 e. The van der Waals surface area contributed by atoms with E-state index in [-0.39, 0.29) is 10.5 Å². The number of carbonyl (C=O) groups is 2. The van der Waals surface area contributed by atoms with Gasteiger partial charge in [-0.05, 0) is 38.5 Å². The Balaban J connectivity index is 3.18. The zero-order valence-electron chi connectivity index (χ0n) is 15.2. The maximum absolute atomic E-state index is 12.6. The molecule has 2 N–H and O–H groups in total. The van der Waals surface area contributed by atoms with E-state index >= 15 is 0 Å². The molecule has 0 aliphatic rings. The fourth-order valence-corrected chi connectivity index (χ4v) is 3.83. The van der Waals surface area contributed by atoms with Crippen molar-refractivity contribution in [2.24, 2.45) is 5.92 Å². The summed E-state index contributed by atoms with van der Waals surface area (Å²) in [5.74, 6) is -2.26. The number of benzene rings is 1. The van der Waals surface area contributed by atoms with Crippen LogP contribution in [0, 0.1) is 12.8 Å². The highest BCUT2D eigenvalue weighted by atomic mass is 32.2. The van der Waals surface area contributed by atoms with Gasteiger partial charge in [0.15, 0.2) is 0 Å². The first kappa shape index (κ1) is 21.1. The monoisotopic (exact) mass is 370 g/mol. The summed E-state index contributed by atoms with van der Waals surface area (Å²) in [6.07, 6.45) is 0. The van der Waals surface area contributed by atoms with Crippen LogP contribution in [0.2, 0.25) is 0 Å². The molecule has 0 heterocycles. The Morgan fingerprint density at radius 1 is 1.20 bits per heavy atom. The second kappa shape index (κ2) is 8.44. The van der Waals surface area contributed by atoms with Gasteiger partial charge < -0.3 is 10.4 Å². The van der Waals surface area contributed by atoms with Crippen LogP contribution in [-0.2, 0) is 14.8 Å². The number of carbonyl (C=O) groups excluding carboxylic acids is 1. The van der Waals surface area contributed by atoms with Crippen molar-refractivity contribution in [2.75, 3.05) is 13.1 Å². The fourth-order valence-electron chi connectivity index (χ4n) is 2.34. The van der Waals surface area contributed by atoms with E-state index in [0.29, 0.717) is 18.7 Å². The molecule has 0 saturated carbocycles. The van der Waals surface area contributed by atoms with E-state index in [1.54, 1.807) is 33.8 Å². The summed E-state index contributed by atoms with van der Waals surface area (Å²) in [7, 11) is -3.67. The van der Waals surface area contributed by atoms with Gasteiger partial charge in [-0.15, -0.1) is 0 Å². The Labute approximate surface area is 149 Å². The minimum atomic E-state index is -3.67. The number of carboxylic acids is 1. The number of aliphatic carboxylic acids is 1. The van der Waals surface area contributed by atoms with Crippen molar-refractivity contribution in [1.82, 2.24) is 9.62 Å². The molecule has 0 spiro atoms. The van der Waals surface area contributed by atoms with E-state index in [2.05, 4.69) is 5.32 Å². The van der Waals surface area contributed by atoms with Gasteiger partial charge in [0, 0.05) is 24.7 Å². The van der Waals surface area contributed by atoms with Crippen LogP contribution >= 0.6 is 0 Å². The number of sulfonamides is 1. The lowest BCUT2D eigenvalue weighted by atomic mass is 10.0. The summed E-state index contributed by atoms with van der Waals surface area (Å²) in [4.78, 5) is 23.5. The van der Waals surface area contributed by atoms with Gasteiger partial charge in [-0.25, -0.2) is 8.42 Å². The highest BCUT2D eigenvalue weighted by Crippen LogP contribution is 2.20. The molecule has 1 aromatic carbocycles. The van der Waals surface area contributed by atoms with Crippen molar-refractivity contribution < 1.29 is 23.1 Å². The van der Waals surface area contributed by atoms with Crippen LogP contribution in [0.4, 0.5) is 0 Å². The first-order chi connectivity index (χ1) is 11.6. The summed E-state index contributed by atoms with van der Waals surface area (Å²) in [5, 5.41) is 11.6. The Morgan fingerprint density at radius 2 is 1.76 bits per heavy atom. The largest absolute Gasteiger partial charge is 0.481 e. The van der Waals surface area contributed by atoms with E-state index in [4.69, 9.17) is 5.11 Å². The van der Waals surface area contributed by atoms with Crippen molar-refractivity contribution in [2.45, 2.75) is 45.6 Å². The maximum Gasteiger partial charge on any atom is 0.308 e. The predicted octanol–water partition coefficient (Wildman–Crippen LogP) is 1.86. The van der Waals surface area contributed by atoms with Crippen molar-refractivity contribution in [3.63, 3.8) is 0 Å². The zero-order valence-corrected chi connectivity index (χ0v) is 16.1. The molecule has 7 nitrogen and oxygen atoms in total. The highest BCUT2D eigenvalue weighted by molar-refractivity contribution is 7.89. The molecule has 140 valence electrons. The van der Waals surface area contributed by atoms with E-state index < -0.39 is 33.9 Å². The summed E-state index contributed by atoms with van der Waals surface area (Å²) >= 11 is 0. The predicted molar refractivity (Wildman–Crippen MR) is 95.0 cm³/mol. The van der Waals surface area contributed by atoms with Gasteiger partial charge >= 0.3 is 5.97 Å². The third-order valence-corrected chi connectivity index (χ3v) is 6.34. The van der Waals surface area contributed by atoms with Crippen molar-refractivity contribution in [3.8, 4) is 0 Å². The van der Waals surface area contributed by atoms with Crippen molar-refractivity contribution in [3.05, 3.63) is 29.3 Å². The quantitative estimate of drug-likeness (QED) is 0.727.